The summed E-state index contributed by atoms with van der Waals surface area (Å²) in [6.45, 7) is 5.79. The van der Waals surface area contributed by atoms with Crippen LogP contribution in [0.3, 0.4) is 0 Å². The Bertz CT molecular complexity index is 1180. The van der Waals surface area contributed by atoms with Gasteiger partial charge in [0.15, 0.2) is 5.65 Å². The SMILES string of the molecule is Cc1cc2nc(C)c(CCC(=O)Nc3ccccc3S(=O)(=O)N(C)C)c(C)n2n1. The molecule has 0 aliphatic heterocycles. The van der Waals surface area contributed by atoms with E-state index < -0.39 is 10.0 Å². The van der Waals surface area contributed by atoms with E-state index in [1.807, 2.05) is 26.8 Å². The number of rotatable bonds is 6. The number of carbonyl (C=O) groups excluding carboxylic acids is 1. The summed E-state index contributed by atoms with van der Waals surface area (Å²) in [6.07, 6.45) is 0.680. The zero-order valence-corrected chi connectivity index (χ0v) is 18.0. The molecule has 29 heavy (non-hydrogen) atoms. The second kappa shape index (κ2) is 7.92. The van der Waals surface area contributed by atoms with E-state index in [4.69, 9.17) is 0 Å². The predicted molar refractivity (Wildman–Crippen MR) is 111 cm³/mol. The van der Waals surface area contributed by atoms with E-state index in [1.165, 1.54) is 20.2 Å². The molecule has 1 aromatic carbocycles. The molecule has 0 unspecified atom stereocenters. The van der Waals surface area contributed by atoms with E-state index in [-0.39, 0.29) is 22.9 Å². The van der Waals surface area contributed by atoms with Crippen LogP contribution in [0.4, 0.5) is 5.69 Å². The van der Waals surface area contributed by atoms with Gasteiger partial charge in [-0.3, -0.25) is 4.79 Å². The zero-order chi connectivity index (χ0) is 21.3. The maximum absolute atomic E-state index is 12.6. The molecule has 0 atom stereocenters. The Balaban J connectivity index is 1.79. The van der Waals surface area contributed by atoms with Crippen molar-refractivity contribution < 1.29 is 13.2 Å². The number of aryl methyl sites for hydroxylation is 3. The quantitative estimate of drug-likeness (QED) is 0.667. The topological polar surface area (TPSA) is 96.7 Å². The molecule has 0 saturated heterocycles. The monoisotopic (exact) mass is 415 g/mol. The van der Waals surface area contributed by atoms with Crippen molar-refractivity contribution in [3.63, 3.8) is 0 Å². The Morgan fingerprint density at radius 3 is 2.55 bits per heavy atom. The molecule has 0 spiro atoms. The summed E-state index contributed by atoms with van der Waals surface area (Å²) in [5, 5.41) is 7.18. The molecule has 9 heteroatoms. The number of nitrogens with one attached hydrogen (secondary N) is 1. The first-order chi connectivity index (χ1) is 13.6. The molecule has 0 saturated carbocycles. The average molecular weight is 416 g/mol. The first-order valence-corrected chi connectivity index (χ1v) is 10.7. The van der Waals surface area contributed by atoms with E-state index in [0.717, 1.165) is 32.6 Å². The number of hydrogen-bond acceptors (Lipinski definition) is 5. The van der Waals surface area contributed by atoms with Gasteiger partial charge in [-0.1, -0.05) is 12.1 Å². The number of fused-ring (bicyclic) bond motifs is 1. The van der Waals surface area contributed by atoms with Crippen molar-refractivity contribution in [2.75, 3.05) is 19.4 Å². The normalized spacial score (nSPS) is 11.9. The van der Waals surface area contributed by atoms with Gasteiger partial charge in [-0.15, -0.1) is 0 Å². The van der Waals surface area contributed by atoms with Crippen molar-refractivity contribution in [3.8, 4) is 0 Å². The molecule has 0 fully saturated rings. The molecule has 2 aromatic heterocycles. The molecular weight excluding hydrogens is 390 g/mol. The van der Waals surface area contributed by atoms with Gasteiger partial charge in [0, 0.05) is 38.0 Å². The van der Waals surface area contributed by atoms with Crippen LogP contribution < -0.4 is 5.32 Å². The second-order valence-corrected chi connectivity index (χ2v) is 9.27. The molecule has 154 valence electrons. The summed E-state index contributed by atoms with van der Waals surface area (Å²) in [4.78, 5) is 17.2. The maximum Gasteiger partial charge on any atom is 0.244 e. The van der Waals surface area contributed by atoms with Crippen molar-refractivity contribution in [3.05, 3.63) is 53.0 Å². The number of carbonyl (C=O) groups is 1. The minimum Gasteiger partial charge on any atom is -0.325 e. The number of benzene rings is 1. The van der Waals surface area contributed by atoms with Crippen LogP contribution in [0.1, 0.15) is 29.1 Å². The van der Waals surface area contributed by atoms with Gasteiger partial charge >= 0.3 is 0 Å². The summed E-state index contributed by atoms with van der Waals surface area (Å²) in [6, 6.07) is 8.31. The first kappa shape index (κ1) is 20.9. The van der Waals surface area contributed by atoms with Crippen LogP contribution in [0.2, 0.25) is 0 Å². The minimum absolute atomic E-state index is 0.0702. The van der Waals surface area contributed by atoms with E-state index in [1.54, 1.807) is 22.7 Å². The highest BCUT2D eigenvalue weighted by molar-refractivity contribution is 7.89. The van der Waals surface area contributed by atoms with Gasteiger partial charge in [0.2, 0.25) is 15.9 Å². The number of nitrogens with zero attached hydrogens (tertiary/aromatic N) is 4. The molecule has 3 rings (SSSR count). The molecule has 8 nitrogen and oxygen atoms in total. The third-order valence-electron chi connectivity index (χ3n) is 4.81. The van der Waals surface area contributed by atoms with Crippen LogP contribution in [0, 0.1) is 20.8 Å². The Morgan fingerprint density at radius 2 is 1.86 bits per heavy atom. The molecule has 0 aliphatic carbocycles. The average Bonchev–Trinajstić information content (AvgIpc) is 3.02. The molecule has 2 heterocycles. The smallest absolute Gasteiger partial charge is 0.244 e. The van der Waals surface area contributed by atoms with Crippen molar-refractivity contribution in [1.82, 2.24) is 18.9 Å². The van der Waals surface area contributed by atoms with Crippen LogP contribution >= 0.6 is 0 Å². The fourth-order valence-electron chi connectivity index (χ4n) is 3.25. The van der Waals surface area contributed by atoms with E-state index >= 15 is 0 Å². The molecule has 0 aliphatic rings. The number of aromatic nitrogens is 3. The zero-order valence-electron chi connectivity index (χ0n) is 17.2. The Morgan fingerprint density at radius 1 is 1.17 bits per heavy atom. The largest absolute Gasteiger partial charge is 0.325 e. The molecule has 3 aromatic rings. The number of sulfonamides is 1. The summed E-state index contributed by atoms with van der Waals surface area (Å²) in [5.74, 6) is -0.262. The standard InChI is InChI=1S/C20H25N5O3S/c1-13-12-19-21-14(2)16(15(3)25(19)23-13)10-11-20(26)22-17-8-6-7-9-18(17)29(27,28)24(4)5/h6-9,12H,10-11H2,1-5H3,(H,22,26). The van der Waals surface area contributed by atoms with Gasteiger partial charge in [-0.05, 0) is 44.9 Å². The highest BCUT2D eigenvalue weighted by Crippen LogP contribution is 2.24. The van der Waals surface area contributed by atoms with Crippen LogP contribution in [0.15, 0.2) is 35.2 Å². The van der Waals surface area contributed by atoms with Crippen LogP contribution in [-0.2, 0) is 21.2 Å². The molecular formula is C20H25N5O3S. The third-order valence-corrected chi connectivity index (χ3v) is 6.68. The van der Waals surface area contributed by atoms with Crippen molar-refractivity contribution >= 4 is 27.3 Å². The van der Waals surface area contributed by atoms with Crippen LogP contribution in [-0.4, -0.2) is 47.3 Å². The highest BCUT2D eigenvalue weighted by Gasteiger charge is 2.22. The fourth-order valence-corrected chi connectivity index (χ4v) is 4.29. The van der Waals surface area contributed by atoms with E-state index in [2.05, 4.69) is 15.4 Å². The van der Waals surface area contributed by atoms with E-state index in [0.29, 0.717) is 6.42 Å². The molecule has 1 N–H and O–H groups in total. The first-order valence-electron chi connectivity index (χ1n) is 9.25. The predicted octanol–water partition coefficient (Wildman–Crippen LogP) is 2.48. The van der Waals surface area contributed by atoms with Gasteiger partial charge in [0.05, 0.1) is 11.4 Å². The van der Waals surface area contributed by atoms with Gasteiger partial charge < -0.3 is 5.32 Å². The highest BCUT2D eigenvalue weighted by atomic mass is 32.2. The third kappa shape index (κ3) is 4.15. The lowest BCUT2D eigenvalue weighted by atomic mass is 10.1. The lowest BCUT2D eigenvalue weighted by molar-refractivity contribution is -0.116. The van der Waals surface area contributed by atoms with Crippen LogP contribution in [0.25, 0.3) is 5.65 Å². The summed E-state index contributed by atoms with van der Waals surface area (Å²) < 4.78 is 27.9. The van der Waals surface area contributed by atoms with Crippen molar-refractivity contribution in [1.29, 1.82) is 0 Å². The van der Waals surface area contributed by atoms with Gasteiger partial charge in [-0.25, -0.2) is 22.2 Å². The second-order valence-electron chi connectivity index (χ2n) is 7.15. The Labute approximate surface area is 170 Å². The fraction of sp³-hybridized carbons (Fsp3) is 0.350. The molecule has 0 bridgehead atoms. The Kier molecular flexibility index (Phi) is 5.72. The number of anilines is 1. The Hall–Kier alpha value is -2.78. The van der Waals surface area contributed by atoms with Gasteiger partial charge in [-0.2, -0.15) is 5.10 Å². The van der Waals surface area contributed by atoms with Gasteiger partial charge in [0.1, 0.15) is 4.90 Å². The van der Waals surface area contributed by atoms with E-state index in [9.17, 15) is 13.2 Å². The maximum atomic E-state index is 12.6. The summed E-state index contributed by atoms with van der Waals surface area (Å²) >= 11 is 0. The number of amides is 1. The lowest BCUT2D eigenvalue weighted by Crippen LogP contribution is -2.24. The summed E-state index contributed by atoms with van der Waals surface area (Å²) in [7, 11) is -0.743. The van der Waals surface area contributed by atoms with Crippen LogP contribution in [0.5, 0.6) is 0 Å². The summed E-state index contributed by atoms with van der Waals surface area (Å²) in [5.41, 5.74) is 4.71. The number of hydrogen-bond donors (Lipinski definition) is 1. The van der Waals surface area contributed by atoms with Crippen molar-refractivity contribution in [2.45, 2.75) is 38.5 Å². The van der Waals surface area contributed by atoms with Gasteiger partial charge in [0.25, 0.3) is 0 Å². The molecule has 0 radical (unpaired) electrons. The molecule has 1 amide bonds. The minimum atomic E-state index is -3.66. The lowest BCUT2D eigenvalue weighted by Gasteiger charge is -2.16. The van der Waals surface area contributed by atoms with Crippen molar-refractivity contribution in [2.24, 2.45) is 0 Å². The number of para-hydroxylation sites is 1.